The molecule has 2 aliphatic heterocycles. The standard InChI is InChI=1S/C29H30N6O4/c1-37-25-15-18(13-20-16-32-29(31)34-28(20)30)14-22(27(25)38-2)23(36)10-11-35-26(24-9-5-6-12-39-24)21-8-4-3-7-19(21)17-33-35/h3-4,7-11,14-17,26H,5-6,12-13H2,1-2H3,(H4,30,31,32,34). The molecular formula is C29H30N6O4. The van der Waals surface area contributed by atoms with Gasteiger partial charge in [-0.15, -0.1) is 0 Å². The van der Waals surface area contributed by atoms with E-state index in [-0.39, 0.29) is 23.6 Å². The number of carbonyl (C=O) groups excluding carboxylic acids is 1. The summed E-state index contributed by atoms with van der Waals surface area (Å²) in [6.07, 6.45) is 10.9. The zero-order valence-electron chi connectivity index (χ0n) is 21.8. The summed E-state index contributed by atoms with van der Waals surface area (Å²) >= 11 is 0. The van der Waals surface area contributed by atoms with E-state index in [2.05, 4.69) is 27.2 Å². The molecule has 4 N–H and O–H groups in total. The van der Waals surface area contributed by atoms with Crippen LogP contribution in [0.3, 0.4) is 0 Å². The van der Waals surface area contributed by atoms with Gasteiger partial charge in [0.25, 0.3) is 0 Å². The number of carbonyl (C=O) groups is 1. The summed E-state index contributed by atoms with van der Waals surface area (Å²) in [4.78, 5) is 21.6. The van der Waals surface area contributed by atoms with E-state index >= 15 is 0 Å². The summed E-state index contributed by atoms with van der Waals surface area (Å²) in [6, 6.07) is 11.3. The summed E-state index contributed by atoms with van der Waals surface area (Å²) < 4.78 is 17.1. The maximum atomic E-state index is 13.6. The third kappa shape index (κ3) is 5.40. The molecule has 39 heavy (non-hydrogen) atoms. The number of rotatable bonds is 8. The molecule has 10 nitrogen and oxygen atoms in total. The predicted octanol–water partition coefficient (Wildman–Crippen LogP) is 4.03. The summed E-state index contributed by atoms with van der Waals surface area (Å²) in [7, 11) is 3.02. The Balaban J connectivity index is 1.47. The van der Waals surface area contributed by atoms with E-state index in [1.165, 1.54) is 20.3 Å². The Morgan fingerprint density at radius 1 is 1.21 bits per heavy atom. The first kappa shape index (κ1) is 25.8. The van der Waals surface area contributed by atoms with Gasteiger partial charge in [0.1, 0.15) is 17.6 Å². The number of ketones is 1. The fraction of sp³-hybridized carbons (Fsp3) is 0.241. The lowest BCUT2D eigenvalue weighted by Gasteiger charge is -2.33. The smallest absolute Gasteiger partial charge is 0.221 e. The highest BCUT2D eigenvalue weighted by Crippen LogP contribution is 2.37. The molecule has 0 saturated heterocycles. The topological polar surface area (TPSA) is 138 Å². The van der Waals surface area contributed by atoms with Gasteiger partial charge in [-0.05, 0) is 42.2 Å². The number of nitrogens with two attached hydrogens (primary N) is 2. The van der Waals surface area contributed by atoms with Gasteiger partial charge in [0.15, 0.2) is 17.3 Å². The molecule has 3 heterocycles. The van der Waals surface area contributed by atoms with Crippen LogP contribution in [-0.2, 0) is 11.2 Å². The van der Waals surface area contributed by atoms with Crippen molar-refractivity contribution in [2.24, 2.45) is 5.10 Å². The summed E-state index contributed by atoms with van der Waals surface area (Å²) in [5, 5.41) is 6.36. The predicted molar refractivity (Wildman–Crippen MR) is 149 cm³/mol. The Kier molecular flexibility index (Phi) is 7.44. The summed E-state index contributed by atoms with van der Waals surface area (Å²) in [5.74, 6) is 1.68. The van der Waals surface area contributed by atoms with Crippen molar-refractivity contribution in [1.29, 1.82) is 0 Å². The fourth-order valence-electron chi connectivity index (χ4n) is 4.72. The van der Waals surface area contributed by atoms with Gasteiger partial charge in [0, 0.05) is 36.0 Å². The van der Waals surface area contributed by atoms with Crippen molar-refractivity contribution in [2.45, 2.75) is 25.3 Å². The number of hydrogen-bond donors (Lipinski definition) is 2. The largest absolute Gasteiger partial charge is 0.496 e. The molecule has 2 aliphatic rings. The van der Waals surface area contributed by atoms with Gasteiger partial charge >= 0.3 is 0 Å². The van der Waals surface area contributed by atoms with Crippen LogP contribution in [0.5, 0.6) is 11.5 Å². The van der Waals surface area contributed by atoms with Crippen molar-refractivity contribution in [2.75, 3.05) is 32.3 Å². The lowest BCUT2D eigenvalue weighted by Crippen LogP contribution is -2.27. The van der Waals surface area contributed by atoms with E-state index in [1.807, 2.05) is 18.2 Å². The molecule has 5 rings (SSSR count). The molecule has 0 spiro atoms. The Morgan fingerprint density at radius 3 is 2.79 bits per heavy atom. The molecule has 200 valence electrons. The number of nitrogens with zero attached hydrogens (tertiary/aromatic N) is 4. The number of fused-ring (bicyclic) bond motifs is 1. The van der Waals surface area contributed by atoms with Gasteiger partial charge in [-0.3, -0.25) is 9.80 Å². The van der Waals surface area contributed by atoms with E-state index in [9.17, 15) is 4.79 Å². The Morgan fingerprint density at radius 2 is 2.05 bits per heavy atom. The van der Waals surface area contributed by atoms with Crippen molar-refractivity contribution in [3.05, 3.63) is 94.5 Å². The highest BCUT2D eigenvalue weighted by Gasteiger charge is 2.29. The molecule has 2 aromatic carbocycles. The first-order valence-electron chi connectivity index (χ1n) is 12.6. The number of hydrogen-bond acceptors (Lipinski definition) is 10. The lowest BCUT2D eigenvalue weighted by molar-refractivity contribution is 0.103. The third-order valence-corrected chi connectivity index (χ3v) is 6.61. The molecule has 1 atom stereocenters. The second-order valence-corrected chi connectivity index (χ2v) is 9.13. The number of allylic oxidation sites excluding steroid dienone is 2. The minimum atomic E-state index is -0.278. The first-order valence-corrected chi connectivity index (χ1v) is 12.6. The number of aromatic nitrogens is 2. The van der Waals surface area contributed by atoms with Crippen LogP contribution in [-0.4, -0.2) is 47.8 Å². The maximum absolute atomic E-state index is 13.6. The fourth-order valence-corrected chi connectivity index (χ4v) is 4.72. The van der Waals surface area contributed by atoms with Crippen molar-refractivity contribution < 1.29 is 19.0 Å². The number of anilines is 2. The van der Waals surface area contributed by atoms with Crippen LogP contribution in [0.2, 0.25) is 0 Å². The quantitative estimate of drug-likeness (QED) is 0.329. The molecule has 0 radical (unpaired) electrons. The molecule has 1 unspecified atom stereocenters. The number of ether oxygens (including phenoxy) is 3. The highest BCUT2D eigenvalue weighted by atomic mass is 16.5. The average Bonchev–Trinajstić information content (AvgIpc) is 2.96. The highest BCUT2D eigenvalue weighted by molar-refractivity contribution is 6.07. The number of methoxy groups -OCH3 is 2. The van der Waals surface area contributed by atoms with E-state index in [1.54, 1.807) is 35.8 Å². The summed E-state index contributed by atoms with van der Waals surface area (Å²) in [5.41, 5.74) is 15.5. The molecule has 0 saturated carbocycles. The number of nitrogen functional groups attached to an aromatic ring is 2. The van der Waals surface area contributed by atoms with Gasteiger partial charge in [-0.1, -0.05) is 24.3 Å². The minimum Gasteiger partial charge on any atom is -0.496 e. The second kappa shape index (κ2) is 11.3. The SMILES string of the molecule is COc1cc(Cc2cnc(N)nc2N)cc(C(=O)C=CN2N=Cc3ccccc3C2C2=CCCCO2)c1OC. The van der Waals surface area contributed by atoms with Crippen molar-refractivity contribution in [1.82, 2.24) is 15.0 Å². The number of hydrazone groups is 1. The van der Waals surface area contributed by atoms with Gasteiger partial charge in [0.05, 0.1) is 32.6 Å². The van der Waals surface area contributed by atoms with Gasteiger partial charge in [-0.2, -0.15) is 10.1 Å². The van der Waals surface area contributed by atoms with E-state index in [0.717, 1.165) is 35.3 Å². The van der Waals surface area contributed by atoms with Crippen LogP contribution < -0.4 is 20.9 Å². The Hall–Kier alpha value is -4.86. The molecule has 0 amide bonds. The van der Waals surface area contributed by atoms with Crippen LogP contribution in [0, 0.1) is 0 Å². The van der Waals surface area contributed by atoms with Crippen LogP contribution in [0.4, 0.5) is 11.8 Å². The monoisotopic (exact) mass is 526 g/mol. The van der Waals surface area contributed by atoms with E-state index < -0.39 is 0 Å². The maximum Gasteiger partial charge on any atom is 0.221 e. The van der Waals surface area contributed by atoms with Gasteiger partial charge in [0.2, 0.25) is 5.95 Å². The zero-order chi connectivity index (χ0) is 27.4. The van der Waals surface area contributed by atoms with Crippen molar-refractivity contribution in [3.8, 4) is 11.5 Å². The molecule has 1 aromatic heterocycles. The minimum absolute atomic E-state index is 0.0975. The average molecular weight is 527 g/mol. The Bertz CT molecular complexity index is 1480. The van der Waals surface area contributed by atoms with E-state index in [4.69, 9.17) is 25.7 Å². The molecule has 3 aromatic rings. The Labute approximate surface area is 226 Å². The normalized spacial score (nSPS) is 16.4. The molecule has 0 fully saturated rings. The number of benzene rings is 2. The zero-order valence-corrected chi connectivity index (χ0v) is 21.8. The molecule has 10 heteroatoms. The van der Waals surface area contributed by atoms with Crippen molar-refractivity contribution >= 4 is 23.8 Å². The lowest BCUT2D eigenvalue weighted by atomic mass is 9.96. The van der Waals surface area contributed by atoms with E-state index in [0.29, 0.717) is 35.7 Å². The van der Waals surface area contributed by atoms with Crippen LogP contribution in [0.15, 0.2) is 71.8 Å². The molecule has 0 aliphatic carbocycles. The summed E-state index contributed by atoms with van der Waals surface area (Å²) in [6.45, 7) is 0.651. The first-order chi connectivity index (χ1) is 19.0. The van der Waals surface area contributed by atoms with Crippen LogP contribution in [0.25, 0.3) is 0 Å². The van der Waals surface area contributed by atoms with Crippen molar-refractivity contribution in [3.63, 3.8) is 0 Å². The van der Waals surface area contributed by atoms with Gasteiger partial charge < -0.3 is 25.7 Å². The molecular weight excluding hydrogens is 496 g/mol. The van der Waals surface area contributed by atoms with Gasteiger partial charge in [-0.25, -0.2) is 4.98 Å². The second-order valence-electron chi connectivity index (χ2n) is 9.13. The third-order valence-electron chi connectivity index (χ3n) is 6.61. The van der Waals surface area contributed by atoms with Crippen LogP contribution in [0.1, 0.15) is 51.5 Å². The van der Waals surface area contributed by atoms with Crippen LogP contribution >= 0.6 is 0 Å². The molecule has 0 bridgehead atoms.